The topological polar surface area (TPSA) is 78.4 Å². The average molecular weight is 228 g/mol. The quantitative estimate of drug-likeness (QED) is 0.644. The highest BCUT2D eigenvalue weighted by atomic mass is 32.1. The fourth-order valence-electron chi connectivity index (χ4n) is 0.790. The minimum atomic E-state index is -0.534. The minimum Gasteiger partial charge on any atom is -0.396 e. The first-order chi connectivity index (χ1) is 7.15. The van der Waals surface area contributed by atoms with Crippen LogP contribution < -0.4 is 10.9 Å². The Morgan fingerprint density at radius 3 is 2.80 bits per heavy atom. The Morgan fingerprint density at radius 2 is 2.27 bits per heavy atom. The molecule has 1 aromatic rings. The lowest BCUT2D eigenvalue weighted by atomic mass is 10.2. The standard InChI is InChI=1S/C9H12N2O3S/c1-6(4-12)8(13)10-11-9(14)7-2-3-15-5-7/h2-3,5-6,12H,4H2,1H3,(H,10,13)(H,11,14). The second-order valence-corrected chi connectivity index (χ2v) is 3.82. The fraction of sp³-hybridized carbons (Fsp3) is 0.333. The molecule has 1 rings (SSSR count). The molecule has 2 amide bonds. The molecule has 0 bridgehead atoms. The van der Waals surface area contributed by atoms with Crippen LogP contribution in [0.5, 0.6) is 0 Å². The van der Waals surface area contributed by atoms with Crippen molar-refractivity contribution >= 4 is 23.2 Å². The summed E-state index contributed by atoms with van der Waals surface area (Å²) in [5.41, 5.74) is 4.98. The molecule has 3 N–H and O–H groups in total. The Kier molecular flexibility index (Phi) is 4.26. The first-order valence-electron chi connectivity index (χ1n) is 4.38. The smallest absolute Gasteiger partial charge is 0.270 e. The fourth-order valence-corrected chi connectivity index (χ4v) is 1.43. The zero-order valence-electron chi connectivity index (χ0n) is 8.19. The summed E-state index contributed by atoms with van der Waals surface area (Å²) in [5, 5.41) is 12.1. The third kappa shape index (κ3) is 3.34. The van der Waals surface area contributed by atoms with Crippen molar-refractivity contribution in [2.45, 2.75) is 6.92 Å². The Bertz CT molecular complexity index is 337. The lowest BCUT2D eigenvalue weighted by Crippen LogP contribution is -2.44. The molecule has 1 heterocycles. The van der Waals surface area contributed by atoms with E-state index in [1.165, 1.54) is 11.3 Å². The number of nitrogens with one attached hydrogen (secondary N) is 2. The molecular formula is C9H12N2O3S. The molecule has 15 heavy (non-hydrogen) atoms. The second-order valence-electron chi connectivity index (χ2n) is 3.04. The van der Waals surface area contributed by atoms with Gasteiger partial charge in [-0.2, -0.15) is 11.3 Å². The van der Waals surface area contributed by atoms with E-state index in [9.17, 15) is 9.59 Å². The maximum absolute atomic E-state index is 11.3. The molecule has 5 nitrogen and oxygen atoms in total. The van der Waals surface area contributed by atoms with Crippen molar-refractivity contribution in [1.29, 1.82) is 0 Å². The molecule has 0 saturated carbocycles. The third-order valence-corrected chi connectivity index (χ3v) is 2.49. The Labute approximate surface area is 91.1 Å². The molecule has 0 aromatic carbocycles. The molecule has 6 heteroatoms. The van der Waals surface area contributed by atoms with Crippen molar-refractivity contribution in [2.75, 3.05) is 6.61 Å². The summed E-state index contributed by atoms with van der Waals surface area (Å²) in [7, 11) is 0. The second kappa shape index (κ2) is 5.47. The number of carbonyl (C=O) groups excluding carboxylic acids is 2. The van der Waals surface area contributed by atoms with Crippen LogP contribution in [0.3, 0.4) is 0 Å². The Morgan fingerprint density at radius 1 is 1.53 bits per heavy atom. The van der Waals surface area contributed by atoms with E-state index < -0.39 is 11.8 Å². The average Bonchev–Trinajstić information content (AvgIpc) is 2.77. The van der Waals surface area contributed by atoms with E-state index in [2.05, 4.69) is 10.9 Å². The molecular weight excluding hydrogens is 216 g/mol. The summed E-state index contributed by atoms with van der Waals surface area (Å²) in [4.78, 5) is 22.5. The van der Waals surface area contributed by atoms with Crippen LogP contribution in [0.25, 0.3) is 0 Å². The SMILES string of the molecule is CC(CO)C(=O)NNC(=O)c1ccsc1. The minimum absolute atomic E-state index is 0.250. The van der Waals surface area contributed by atoms with Gasteiger partial charge in [0.2, 0.25) is 5.91 Å². The lowest BCUT2D eigenvalue weighted by Gasteiger charge is -2.09. The van der Waals surface area contributed by atoms with E-state index in [0.29, 0.717) is 5.56 Å². The van der Waals surface area contributed by atoms with Crippen LogP contribution in [0.2, 0.25) is 0 Å². The number of aliphatic hydroxyl groups is 1. The summed E-state index contributed by atoms with van der Waals surface area (Å²) in [5.74, 6) is -1.32. The van der Waals surface area contributed by atoms with Gasteiger partial charge in [0, 0.05) is 5.38 Å². The maximum atomic E-state index is 11.3. The van der Waals surface area contributed by atoms with Gasteiger partial charge < -0.3 is 5.11 Å². The van der Waals surface area contributed by atoms with Crippen molar-refractivity contribution in [3.8, 4) is 0 Å². The number of aliphatic hydroxyl groups excluding tert-OH is 1. The van der Waals surface area contributed by atoms with Crippen LogP contribution in [-0.2, 0) is 4.79 Å². The largest absolute Gasteiger partial charge is 0.396 e. The zero-order chi connectivity index (χ0) is 11.3. The molecule has 0 saturated heterocycles. The molecule has 82 valence electrons. The third-order valence-electron chi connectivity index (χ3n) is 1.80. The van der Waals surface area contributed by atoms with Crippen LogP contribution in [0.1, 0.15) is 17.3 Å². The van der Waals surface area contributed by atoms with Crippen molar-refractivity contribution < 1.29 is 14.7 Å². The molecule has 0 aliphatic carbocycles. The highest BCUT2D eigenvalue weighted by Gasteiger charge is 2.12. The summed E-state index contributed by atoms with van der Waals surface area (Å²) in [6.45, 7) is 1.31. The molecule has 0 fully saturated rings. The highest BCUT2D eigenvalue weighted by Crippen LogP contribution is 2.04. The summed E-state index contributed by atoms with van der Waals surface area (Å²) < 4.78 is 0. The molecule has 1 unspecified atom stereocenters. The number of thiophene rings is 1. The lowest BCUT2D eigenvalue weighted by molar-refractivity contribution is -0.126. The van der Waals surface area contributed by atoms with E-state index in [-0.39, 0.29) is 12.5 Å². The van der Waals surface area contributed by atoms with Gasteiger partial charge >= 0.3 is 0 Å². The molecule has 0 aliphatic rings. The first kappa shape index (κ1) is 11.7. The van der Waals surface area contributed by atoms with Crippen molar-refractivity contribution in [3.63, 3.8) is 0 Å². The molecule has 1 atom stereocenters. The van der Waals surface area contributed by atoms with Gasteiger partial charge in [0.15, 0.2) is 0 Å². The summed E-state index contributed by atoms with van der Waals surface area (Å²) in [6, 6.07) is 1.65. The van der Waals surface area contributed by atoms with Crippen LogP contribution in [0, 0.1) is 5.92 Å². The zero-order valence-corrected chi connectivity index (χ0v) is 9.00. The van der Waals surface area contributed by atoms with E-state index in [4.69, 9.17) is 5.11 Å². The van der Waals surface area contributed by atoms with Gasteiger partial charge in [-0.3, -0.25) is 20.4 Å². The van der Waals surface area contributed by atoms with E-state index in [1.807, 2.05) is 0 Å². The van der Waals surface area contributed by atoms with Gasteiger partial charge in [0.25, 0.3) is 5.91 Å². The van der Waals surface area contributed by atoms with Crippen molar-refractivity contribution in [1.82, 2.24) is 10.9 Å². The van der Waals surface area contributed by atoms with Crippen LogP contribution in [0.15, 0.2) is 16.8 Å². The predicted molar refractivity (Wildman–Crippen MR) is 56.2 cm³/mol. The van der Waals surface area contributed by atoms with Crippen molar-refractivity contribution in [2.24, 2.45) is 5.92 Å². The van der Waals surface area contributed by atoms with Gasteiger partial charge in [-0.15, -0.1) is 0 Å². The van der Waals surface area contributed by atoms with E-state index in [0.717, 1.165) is 0 Å². The van der Waals surface area contributed by atoms with Crippen LogP contribution >= 0.6 is 11.3 Å². The molecule has 0 spiro atoms. The number of carbonyl (C=O) groups is 2. The summed E-state index contributed by atoms with van der Waals surface area (Å²) >= 11 is 1.40. The van der Waals surface area contributed by atoms with Crippen LogP contribution in [-0.4, -0.2) is 23.5 Å². The molecule has 1 aromatic heterocycles. The van der Waals surface area contributed by atoms with Crippen LogP contribution in [0.4, 0.5) is 0 Å². The Hall–Kier alpha value is -1.40. The summed E-state index contributed by atoms with van der Waals surface area (Å²) in [6.07, 6.45) is 0. The number of amides is 2. The number of rotatable bonds is 3. The van der Waals surface area contributed by atoms with E-state index >= 15 is 0 Å². The van der Waals surface area contributed by atoms with Gasteiger partial charge in [-0.1, -0.05) is 6.92 Å². The van der Waals surface area contributed by atoms with Crippen molar-refractivity contribution in [3.05, 3.63) is 22.4 Å². The highest BCUT2D eigenvalue weighted by molar-refractivity contribution is 7.08. The molecule has 0 aliphatic heterocycles. The monoisotopic (exact) mass is 228 g/mol. The first-order valence-corrected chi connectivity index (χ1v) is 5.32. The number of hydrogen-bond donors (Lipinski definition) is 3. The van der Waals surface area contributed by atoms with Gasteiger partial charge in [-0.25, -0.2) is 0 Å². The molecule has 0 radical (unpaired) electrons. The van der Waals surface area contributed by atoms with Gasteiger partial charge in [-0.05, 0) is 11.4 Å². The maximum Gasteiger partial charge on any atom is 0.270 e. The van der Waals surface area contributed by atoms with Gasteiger partial charge in [0.1, 0.15) is 0 Å². The number of hydrogen-bond acceptors (Lipinski definition) is 4. The predicted octanol–water partition coefficient (Wildman–Crippen LogP) is 0.137. The van der Waals surface area contributed by atoms with Gasteiger partial charge in [0.05, 0.1) is 18.1 Å². The van der Waals surface area contributed by atoms with E-state index in [1.54, 1.807) is 23.8 Å². The Balaban J connectivity index is 2.38. The normalized spacial score (nSPS) is 11.9. The number of hydrazine groups is 1.